The fourth-order valence-electron chi connectivity index (χ4n) is 3.29. The molecule has 1 saturated carbocycles. The third-order valence-electron chi connectivity index (χ3n) is 4.31. The van der Waals surface area contributed by atoms with E-state index in [0.29, 0.717) is 11.8 Å². The molecule has 0 spiro atoms. The second-order valence-corrected chi connectivity index (χ2v) is 5.27. The number of allylic oxidation sites excluding steroid dienone is 2. The van der Waals surface area contributed by atoms with Crippen LogP contribution in [0.5, 0.6) is 0 Å². The average molecular weight is 214 g/mol. The summed E-state index contributed by atoms with van der Waals surface area (Å²) in [4.78, 5) is 0. The van der Waals surface area contributed by atoms with Crippen LogP contribution in [0.4, 0.5) is 0 Å². The van der Waals surface area contributed by atoms with Crippen molar-refractivity contribution in [3.63, 3.8) is 0 Å². The lowest BCUT2D eigenvalue weighted by Gasteiger charge is -2.18. The molecule has 0 N–H and O–H groups in total. The summed E-state index contributed by atoms with van der Waals surface area (Å²) in [6.07, 6.45) is 6.35. The number of aryl methyl sites for hydroxylation is 1. The molecule has 1 aromatic heterocycles. The van der Waals surface area contributed by atoms with E-state index in [-0.39, 0.29) is 0 Å². The van der Waals surface area contributed by atoms with Crippen LogP contribution in [0.3, 0.4) is 0 Å². The van der Waals surface area contributed by atoms with E-state index in [2.05, 4.69) is 20.1 Å². The lowest BCUT2D eigenvalue weighted by Crippen LogP contribution is -2.12. The molecule has 1 fully saturated rings. The molecular formula is C15H18O. The molecule has 2 atom stereocenters. The summed E-state index contributed by atoms with van der Waals surface area (Å²) >= 11 is 0. The van der Waals surface area contributed by atoms with Gasteiger partial charge in [-0.1, -0.05) is 24.3 Å². The quantitative estimate of drug-likeness (QED) is 0.598. The van der Waals surface area contributed by atoms with E-state index in [9.17, 15) is 0 Å². The molecule has 2 aliphatic rings. The van der Waals surface area contributed by atoms with Gasteiger partial charge in [-0.3, -0.25) is 0 Å². The van der Waals surface area contributed by atoms with Crippen molar-refractivity contribution in [3.8, 4) is 0 Å². The molecule has 1 nitrogen and oxygen atoms in total. The predicted octanol–water partition coefficient (Wildman–Crippen LogP) is 3.83. The molecular weight excluding hydrogens is 196 g/mol. The molecule has 16 heavy (non-hydrogen) atoms. The minimum absolute atomic E-state index is 0.616. The zero-order valence-corrected chi connectivity index (χ0v) is 9.88. The Morgan fingerprint density at radius 2 is 2.06 bits per heavy atom. The third kappa shape index (κ3) is 1.31. The zero-order valence-electron chi connectivity index (χ0n) is 9.88. The van der Waals surface area contributed by atoms with E-state index in [1.807, 2.05) is 6.26 Å². The van der Waals surface area contributed by atoms with Crippen molar-refractivity contribution >= 4 is 0 Å². The molecule has 1 heteroatoms. The predicted molar refractivity (Wildman–Crippen MR) is 65.3 cm³/mol. The average Bonchev–Trinajstić information content (AvgIpc) is 2.72. The second kappa shape index (κ2) is 3.38. The van der Waals surface area contributed by atoms with Crippen LogP contribution in [0.25, 0.3) is 0 Å². The molecule has 0 aliphatic heterocycles. The lowest BCUT2D eigenvalue weighted by molar-refractivity contribution is 0.479. The molecule has 3 rings (SSSR count). The van der Waals surface area contributed by atoms with Crippen molar-refractivity contribution in [1.82, 2.24) is 0 Å². The van der Waals surface area contributed by atoms with Gasteiger partial charge in [-0.2, -0.15) is 0 Å². The van der Waals surface area contributed by atoms with Gasteiger partial charge in [0.25, 0.3) is 0 Å². The van der Waals surface area contributed by atoms with E-state index < -0.39 is 0 Å². The van der Waals surface area contributed by atoms with Gasteiger partial charge in [0.1, 0.15) is 5.76 Å². The number of rotatable bonds is 0. The maximum absolute atomic E-state index is 5.65. The Bertz CT molecular complexity index is 464. The van der Waals surface area contributed by atoms with Crippen LogP contribution >= 0.6 is 0 Å². The highest BCUT2D eigenvalue weighted by Gasteiger charge is 2.36. The first-order valence-corrected chi connectivity index (χ1v) is 6.08. The maximum atomic E-state index is 5.65. The first-order valence-electron chi connectivity index (χ1n) is 6.08. The summed E-state index contributed by atoms with van der Waals surface area (Å²) in [7, 11) is 0. The minimum atomic E-state index is 0.616. The van der Waals surface area contributed by atoms with Gasteiger partial charge in [0.05, 0.1) is 6.26 Å². The SMILES string of the molecule is C=C1Cc2occ(C)c2CC2C(=C)CCC12. The Hall–Kier alpha value is -1.24. The molecule has 2 aliphatic carbocycles. The van der Waals surface area contributed by atoms with E-state index in [1.54, 1.807) is 0 Å². The number of fused-ring (bicyclic) bond motifs is 2. The Kier molecular flexibility index (Phi) is 2.10. The normalized spacial score (nSPS) is 28.8. The summed E-state index contributed by atoms with van der Waals surface area (Å²) in [6.45, 7) is 10.6. The van der Waals surface area contributed by atoms with Crippen molar-refractivity contribution in [2.75, 3.05) is 0 Å². The number of furan rings is 1. The highest BCUT2D eigenvalue weighted by molar-refractivity contribution is 5.36. The minimum Gasteiger partial charge on any atom is -0.468 e. The summed E-state index contributed by atoms with van der Waals surface area (Å²) in [5.74, 6) is 2.41. The molecule has 1 heterocycles. The Labute approximate surface area is 96.8 Å². The lowest BCUT2D eigenvalue weighted by atomic mass is 9.86. The van der Waals surface area contributed by atoms with Crippen LogP contribution in [0, 0.1) is 18.8 Å². The van der Waals surface area contributed by atoms with Crippen molar-refractivity contribution in [3.05, 3.63) is 47.5 Å². The first kappa shape index (κ1) is 9.95. The molecule has 2 unspecified atom stereocenters. The summed E-state index contributed by atoms with van der Waals surface area (Å²) in [5, 5.41) is 0. The van der Waals surface area contributed by atoms with E-state index >= 15 is 0 Å². The molecule has 0 radical (unpaired) electrons. The van der Waals surface area contributed by atoms with Gasteiger partial charge in [0, 0.05) is 6.42 Å². The molecule has 0 bridgehead atoms. The van der Waals surface area contributed by atoms with Crippen molar-refractivity contribution < 1.29 is 4.42 Å². The molecule has 0 saturated heterocycles. The Morgan fingerprint density at radius 3 is 2.88 bits per heavy atom. The highest BCUT2D eigenvalue weighted by Crippen LogP contribution is 2.45. The summed E-state index contributed by atoms with van der Waals surface area (Å²) < 4.78 is 5.65. The number of hydrogen-bond acceptors (Lipinski definition) is 1. The Balaban J connectivity index is 2.05. The second-order valence-electron chi connectivity index (χ2n) is 5.27. The van der Waals surface area contributed by atoms with Gasteiger partial charge in [-0.05, 0) is 49.1 Å². The van der Waals surface area contributed by atoms with Crippen LogP contribution in [-0.2, 0) is 12.8 Å². The van der Waals surface area contributed by atoms with Crippen molar-refractivity contribution in [2.45, 2.75) is 32.6 Å². The van der Waals surface area contributed by atoms with Gasteiger partial charge in [-0.25, -0.2) is 0 Å². The fraction of sp³-hybridized carbons (Fsp3) is 0.467. The van der Waals surface area contributed by atoms with Crippen molar-refractivity contribution in [2.24, 2.45) is 11.8 Å². The van der Waals surface area contributed by atoms with Crippen molar-refractivity contribution in [1.29, 1.82) is 0 Å². The third-order valence-corrected chi connectivity index (χ3v) is 4.31. The van der Waals surface area contributed by atoms with Crippen LogP contribution in [0.1, 0.15) is 29.7 Å². The zero-order chi connectivity index (χ0) is 11.3. The van der Waals surface area contributed by atoms with Crippen LogP contribution in [-0.4, -0.2) is 0 Å². The number of hydrogen-bond donors (Lipinski definition) is 0. The van der Waals surface area contributed by atoms with E-state index in [1.165, 1.54) is 35.1 Å². The largest absolute Gasteiger partial charge is 0.468 e. The van der Waals surface area contributed by atoms with Crippen LogP contribution < -0.4 is 0 Å². The highest BCUT2D eigenvalue weighted by atomic mass is 16.3. The van der Waals surface area contributed by atoms with Gasteiger partial charge < -0.3 is 4.42 Å². The standard InChI is InChI=1S/C15H18O/c1-9-4-5-12-10(2)6-15-14(7-13(9)12)11(3)8-16-15/h8,12-13H,1-2,4-7H2,3H3. The molecule has 1 aromatic rings. The van der Waals surface area contributed by atoms with Gasteiger partial charge >= 0.3 is 0 Å². The summed E-state index contributed by atoms with van der Waals surface area (Å²) in [6, 6.07) is 0. The van der Waals surface area contributed by atoms with E-state index in [0.717, 1.165) is 18.6 Å². The smallest absolute Gasteiger partial charge is 0.111 e. The maximum Gasteiger partial charge on any atom is 0.111 e. The van der Waals surface area contributed by atoms with Crippen LogP contribution in [0.15, 0.2) is 35.0 Å². The monoisotopic (exact) mass is 214 g/mol. The van der Waals surface area contributed by atoms with Gasteiger partial charge in [-0.15, -0.1) is 0 Å². The van der Waals surface area contributed by atoms with Crippen LogP contribution in [0.2, 0.25) is 0 Å². The molecule has 0 amide bonds. The first-order chi connectivity index (χ1) is 7.66. The van der Waals surface area contributed by atoms with E-state index in [4.69, 9.17) is 4.42 Å². The Morgan fingerprint density at radius 1 is 1.25 bits per heavy atom. The van der Waals surface area contributed by atoms with Gasteiger partial charge in [0.2, 0.25) is 0 Å². The van der Waals surface area contributed by atoms with Gasteiger partial charge in [0.15, 0.2) is 0 Å². The summed E-state index contributed by atoms with van der Waals surface area (Å²) in [5.41, 5.74) is 5.47. The molecule has 84 valence electrons. The molecule has 0 aromatic carbocycles. The fourth-order valence-corrected chi connectivity index (χ4v) is 3.29. The topological polar surface area (TPSA) is 13.1 Å².